The van der Waals surface area contributed by atoms with Gasteiger partial charge in [-0.1, -0.05) is 103 Å². The maximum Gasteiger partial charge on any atom is -0.0351 e. The lowest BCUT2D eigenvalue weighted by Crippen LogP contribution is -1.79. The molecule has 0 fully saturated rings. The van der Waals surface area contributed by atoms with Crippen LogP contribution in [0.4, 0.5) is 0 Å². The summed E-state index contributed by atoms with van der Waals surface area (Å²) in [5.74, 6) is 0. The fraction of sp³-hybridized carbons (Fsp3) is 0.818. The lowest BCUT2D eigenvalue weighted by atomic mass is 10.1. The summed E-state index contributed by atoms with van der Waals surface area (Å²) in [6, 6.07) is 0. The molecule has 0 bridgehead atoms. The van der Waals surface area contributed by atoms with Crippen molar-refractivity contribution in [2.75, 3.05) is 0 Å². The van der Waals surface area contributed by atoms with Crippen molar-refractivity contribution in [1.29, 1.82) is 0 Å². The molecule has 0 aromatic carbocycles. The van der Waals surface area contributed by atoms with Gasteiger partial charge in [-0.2, -0.15) is 0 Å². The van der Waals surface area contributed by atoms with Crippen LogP contribution in [0.3, 0.4) is 0 Å². The molecule has 0 aromatic heterocycles. The maximum absolute atomic E-state index is 3.60. The number of unbranched alkanes of at least 4 members (excludes halogenated alkanes) is 12. The molecule has 0 nitrogen and oxygen atoms in total. The Balaban J connectivity index is 0. The average molecular weight is 309 g/mol. The highest BCUT2D eigenvalue weighted by Gasteiger charge is 1.89. The third kappa shape index (κ3) is 27.8. The van der Waals surface area contributed by atoms with Gasteiger partial charge in [0.25, 0.3) is 0 Å². The molecule has 0 saturated carbocycles. The molecule has 0 spiro atoms. The van der Waals surface area contributed by atoms with Crippen molar-refractivity contribution in [3.63, 3.8) is 0 Å². The van der Waals surface area contributed by atoms with Gasteiger partial charge in [0.2, 0.25) is 0 Å². The van der Waals surface area contributed by atoms with E-state index >= 15 is 0 Å². The molecule has 0 aliphatic carbocycles. The van der Waals surface area contributed by atoms with Crippen LogP contribution in [0.25, 0.3) is 0 Å². The number of hydrogen-bond donors (Lipinski definition) is 0. The predicted molar refractivity (Wildman–Crippen MR) is 106 cm³/mol. The number of rotatable bonds is 15. The smallest absolute Gasteiger partial charge is 0.0351 e. The van der Waals surface area contributed by atoms with Crippen molar-refractivity contribution < 1.29 is 0 Å². The van der Waals surface area contributed by atoms with Crippen LogP contribution >= 0.6 is 0 Å². The molecule has 0 N–H and O–H groups in total. The molecule has 0 aromatic rings. The minimum atomic E-state index is 1.18. The first-order valence-corrected chi connectivity index (χ1v) is 10.1. The molecule has 132 valence electrons. The predicted octanol–water partition coefficient (Wildman–Crippen LogP) is 8.63. The Labute approximate surface area is 142 Å². The SMILES string of the molecule is C=CCCCC.CCCCCC=CCCCCCCCCC. The van der Waals surface area contributed by atoms with E-state index in [1.807, 2.05) is 6.08 Å². The van der Waals surface area contributed by atoms with E-state index in [0.717, 1.165) is 0 Å². The summed E-state index contributed by atoms with van der Waals surface area (Å²) in [7, 11) is 0. The van der Waals surface area contributed by atoms with Gasteiger partial charge in [0, 0.05) is 0 Å². The summed E-state index contributed by atoms with van der Waals surface area (Å²) >= 11 is 0. The van der Waals surface area contributed by atoms with Crippen LogP contribution in [0.15, 0.2) is 24.8 Å². The second-order valence-corrected chi connectivity index (χ2v) is 6.31. The zero-order valence-corrected chi connectivity index (χ0v) is 16.0. The van der Waals surface area contributed by atoms with E-state index in [9.17, 15) is 0 Å². The molecule has 0 unspecified atom stereocenters. The molecule has 0 radical (unpaired) electrons. The van der Waals surface area contributed by atoms with Gasteiger partial charge < -0.3 is 0 Å². The van der Waals surface area contributed by atoms with Crippen molar-refractivity contribution in [3.05, 3.63) is 24.8 Å². The van der Waals surface area contributed by atoms with Crippen molar-refractivity contribution in [1.82, 2.24) is 0 Å². The van der Waals surface area contributed by atoms with Crippen LogP contribution in [0.1, 0.15) is 117 Å². The minimum Gasteiger partial charge on any atom is -0.103 e. The van der Waals surface area contributed by atoms with Gasteiger partial charge >= 0.3 is 0 Å². The molecular weight excluding hydrogens is 264 g/mol. The highest BCUT2D eigenvalue weighted by molar-refractivity contribution is 4.81. The van der Waals surface area contributed by atoms with Crippen LogP contribution in [-0.4, -0.2) is 0 Å². The summed E-state index contributed by atoms with van der Waals surface area (Å²) < 4.78 is 0. The topological polar surface area (TPSA) is 0 Å². The van der Waals surface area contributed by atoms with E-state index in [0.29, 0.717) is 0 Å². The quantitative estimate of drug-likeness (QED) is 0.210. The van der Waals surface area contributed by atoms with Gasteiger partial charge in [0.1, 0.15) is 0 Å². The molecule has 0 aliphatic heterocycles. The van der Waals surface area contributed by atoms with Gasteiger partial charge in [0.15, 0.2) is 0 Å². The van der Waals surface area contributed by atoms with Crippen molar-refractivity contribution in [2.45, 2.75) is 117 Å². The molecule has 22 heavy (non-hydrogen) atoms. The fourth-order valence-electron chi connectivity index (χ4n) is 2.32. The molecule has 0 heterocycles. The zero-order chi connectivity index (χ0) is 16.7. The summed E-state index contributed by atoms with van der Waals surface area (Å²) in [6.07, 6.45) is 27.2. The number of allylic oxidation sites excluding steroid dienone is 3. The first kappa shape index (κ1) is 23.7. The van der Waals surface area contributed by atoms with E-state index in [-0.39, 0.29) is 0 Å². The average Bonchev–Trinajstić information content (AvgIpc) is 2.54. The second-order valence-electron chi connectivity index (χ2n) is 6.31. The lowest BCUT2D eigenvalue weighted by molar-refractivity contribution is 0.592. The summed E-state index contributed by atoms with van der Waals surface area (Å²) in [5, 5.41) is 0. The summed E-state index contributed by atoms with van der Waals surface area (Å²) in [5.41, 5.74) is 0. The van der Waals surface area contributed by atoms with E-state index < -0.39 is 0 Å². The number of hydrogen-bond acceptors (Lipinski definition) is 0. The Morgan fingerprint density at radius 2 is 0.909 bits per heavy atom. The van der Waals surface area contributed by atoms with Gasteiger partial charge in [-0.05, 0) is 32.1 Å². The van der Waals surface area contributed by atoms with E-state index in [1.165, 1.54) is 96.3 Å². The van der Waals surface area contributed by atoms with E-state index in [2.05, 4.69) is 39.5 Å². The summed E-state index contributed by atoms with van der Waals surface area (Å²) in [4.78, 5) is 0. The first-order valence-electron chi connectivity index (χ1n) is 10.1. The van der Waals surface area contributed by atoms with Crippen molar-refractivity contribution in [3.8, 4) is 0 Å². The molecule has 0 aliphatic rings. The van der Waals surface area contributed by atoms with Crippen LogP contribution in [0.5, 0.6) is 0 Å². The van der Waals surface area contributed by atoms with Crippen LogP contribution in [-0.2, 0) is 0 Å². The van der Waals surface area contributed by atoms with E-state index in [4.69, 9.17) is 0 Å². The maximum atomic E-state index is 3.60. The third-order valence-corrected chi connectivity index (χ3v) is 3.88. The van der Waals surface area contributed by atoms with Gasteiger partial charge in [-0.25, -0.2) is 0 Å². The standard InChI is InChI=1S/C16H32.C6H12/c1-3-5-7-9-11-13-15-16-14-12-10-8-6-4-2;1-3-5-6-4-2/h11,13H,3-10,12,14-16H2,1-2H3;3H,1,4-6H2,2H3. The second kappa shape index (κ2) is 25.4. The Hall–Kier alpha value is -0.520. The zero-order valence-electron chi connectivity index (χ0n) is 16.0. The van der Waals surface area contributed by atoms with Crippen molar-refractivity contribution >= 4 is 0 Å². The Bertz CT molecular complexity index is 202. The van der Waals surface area contributed by atoms with Gasteiger partial charge in [0.05, 0.1) is 0 Å². The van der Waals surface area contributed by atoms with Crippen LogP contribution in [0, 0.1) is 0 Å². The Morgan fingerprint density at radius 1 is 0.500 bits per heavy atom. The van der Waals surface area contributed by atoms with Crippen LogP contribution in [0.2, 0.25) is 0 Å². The van der Waals surface area contributed by atoms with Crippen molar-refractivity contribution in [2.24, 2.45) is 0 Å². The normalized spacial score (nSPS) is 10.5. The molecule has 0 amide bonds. The molecule has 0 atom stereocenters. The lowest BCUT2D eigenvalue weighted by Gasteiger charge is -1.98. The molecule has 0 rings (SSSR count). The third-order valence-electron chi connectivity index (χ3n) is 3.88. The van der Waals surface area contributed by atoms with Gasteiger partial charge in [-0.3, -0.25) is 0 Å². The highest BCUT2D eigenvalue weighted by Crippen LogP contribution is 2.09. The van der Waals surface area contributed by atoms with Crippen LogP contribution < -0.4 is 0 Å². The Morgan fingerprint density at radius 3 is 1.36 bits per heavy atom. The highest BCUT2D eigenvalue weighted by atomic mass is 14.0. The molecule has 0 heteroatoms. The Kier molecular flexibility index (Phi) is 27.4. The minimum absolute atomic E-state index is 1.18. The summed E-state index contributed by atoms with van der Waals surface area (Å²) in [6.45, 7) is 10.3. The van der Waals surface area contributed by atoms with Gasteiger partial charge in [-0.15, -0.1) is 6.58 Å². The largest absolute Gasteiger partial charge is 0.103 e. The first-order chi connectivity index (χ1) is 10.8. The van der Waals surface area contributed by atoms with E-state index in [1.54, 1.807) is 0 Å². The fourth-order valence-corrected chi connectivity index (χ4v) is 2.32. The monoisotopic (exact) mass is 308 g/mol. The molecule has 0 saturated heterocycles. The molecular formula is C22H44.